The molecular formula is C3H10INSi. The Bertz CT molecular complexity index is 40.5. The van der Waals surface area contributed by atoms with Gasteiger partial charge in [-0.1, -0.05) is 19.6 Å². The third kappa shape index (κ3) is 4.91. The Hall–Kier alpha value is 0.907. The van der Waals surface area contributed by atoms with Crippen molar-refractivity contribution in [2.75, 3.05) is 0 Å². The second-order valence-electron chi connectivity index (χ2n) is 2.34. The minimum atomic E-state index is -0.895. The molecule has 0 amide bonds. The summed E-state index contributed by atoms with van der Waals surface area (Å²) in [6.07, 6.45) is 0. The lowest BCUT2D eigenvalue weighted by atomic mass is 11.8. The summed E-state index contributed by atoms with van der Waals surface area (Å²) in [5, 5.41) is 0. The summed E-state index contributed by atoms with van der Waals surface area (Å²) in [5.41, 5.74) is 0. The van der Waals surface area contributed by atoms with Crippen molar-refractivity contribution in [2.24, 2.45) is 0 Å². The minimum Gasteiger partial charge on any atom is -0.282 e. The summed E-state index contributed by atoms with van der Waals surface area (Å²) in [4.78, 5) is 0. The quantitative estimate of drug-likeness (QED) is 0.399. The van der Waals surface area contributed by atoms with Crippen molar-refractivity contribution in [1.29, 1.82) is 0 Å². The van der Waals surface area contributed by atoms with E-state index in [1.165, 1.54) is 0 Å². The van der Waals surface area contributed by atoms with Crippen LogP contribution in [0.25, 0.3) is 0 Å². The molecule has 0 aliphatic rings. The van der Waals surface area contributed by atoms with E-state index in [1.807, 2.05) is 0 Å². The van der Waals surface area contributed by atoms with Gasteiger partial charge in [0.2, 0.25) is 0 Å². The molecule has 0 spiro atoms. The second kappa shape index (κ2) is 2.27. The highest BCUT2D eigenvalue weighted by Gasteiger charge is 2.07. The van der Waals surface area contributed by atoms with Gasteiger partial charge in [-0.15, -0.1) is 0 Å². The van der Waals surface area contributed by atoms with Crippen LogP contribution in [0, 0.1) is 0 Å². The predicted octanol–water partition coefficient (Wildman–Crippen LogP) is 1.76. The van der Waals surface area contributed by atoms with E-state index in [9.17, 15) is 0 Å². The van der Waals surface area contributed by atoms with Crippen molar-refractivity contribution >= 4 is 31.1 Å². The molecule has 0 aromatic carbocycles. The molecule has 0 saturated heterocycles. The fraction of sp³-hybridized carbons (Fsp3) is 1.00. The third-order valence-electron chi connectivity index (χ3n) is 0.283. The van der Waals surface area contributed by atoms with E-state index in [1.54, 1.807) is 0 Å². The highest BCUT2D eigenvalue weighted by Crippen LogP contribution is 1.94. The lowest BCUT2D eigenvalue weighted by molar-refractivity contribution is 1.51. The van der Waals surface area contributed by atoms with Crippen LogP contribution in [0.1, 0.15) is 0 Å². The molecule has 38 valence electrons. The van der Waals surface area contributed by atoms with Crippen LogP contribution in [0.3, 0.4) is 0 Å². The fourth-order valence-corrected chi connectivity index (χ4v) is 0. The molecule has 3 heteroatoms. The Labute approximate surface area is 54.1 Å². The summed E-state index contributed by atoms with van der Waals surface area (Å²) < 4.78 is 3.21. The van der Waals surface area contributed by atoms with Crippen molar-refractivity contribution in [1.82, 2.24) is 3.20 Å². The highest BCUT2D eigenvalue weighted by molar-refractivity contribution is 14.1. The van der Waals surface area contributed by atoms with Gasteiger partial charge in [-0.3, -0.25) is 3.20 Å². The Kier molecular flexibility index (Phi) is 2.62. The molecule has 0 radical (unpaired) electrons. The van der Waals surface area contributed by atoms with Gasteiger partial charge in [0.25, 0.3) is 0 Å². The number of nitrogens with one attached hydrogen (secondary N) is 1. The molecular weight excluding hydrogens is 205 g/mol. The molecule has 0 aromatic heterocycles. The van der Waals surface area contributed by atoms with Crippen LogP contribution < -0.4 is 3.20 Å². The number of halogens is 1. The molecule has 6 heavy (non-hydrogen) atoms. The zero-order valence-corrected chi connectivity index (χ0v) is 7.54. The summed E-state index contributed by atoms with van der Waals surface area (Å²) in [5.74, 6) is 0. The van der Waals surface area contributed by atoms with E-state index in [2.05, 4.69) is 45.7 Å². The molecule has 0 rings (SSSR count). The third-order valence-corrected chi connectivity index (χ3v) is 5.70. The fourth-order valence-electron chi connectivity index (χ4n) is 0. The monoisotopic (exact) mass is 215 g/mol. The summed E-state index contributed by atoms with van der Waals surface area (Å²) in [6, 6.07) is 0. The summed E-state index contributed by atoms with van der Waals surface area (Å²) in [7, 11) is -0.895. The van der Waals surface area contributed by atoms with Crippen LogP contribution in [0.4, 0.5) is 0 Å². The lowest BCUT2D eigenvalue weighted by Gasteiger charge is -2.09. The van der Waals surface area contributed by atoms with Crippen LogP contribution in [-0.4, -0.2) is 8.24 Å². The highest BCUT2D eigenvalue weighted by atomic mass is 127. The molecule has 0 atom stereocenters. The van der Waals surface area contributed by atoms with E-state index < -0.39 is 8.24 Å². The Morgan fingerprint density at radius 3 is 1.50 bits per heavy atom. The van der Waals surface area contributed by atoms with Crippen molar-refractivity contribution < 1.29 is 0 Å². The van der Waals surface area contributed by atoms with Gasteiger partial charge in [0.05, 0.1) is 0 Å². The van der Waals surface area contributed by atoms with Crippen molar-refractivity contribution in [2.45, 2.75) is 19.6 Å². The predicted molar refractivity (Wildman–Crippen MR) is 40.5 cm³/mol. The molecule has 0 aliphatic carbocycles. The van der Waals surface area contributed by atoms with Crippen LogP contribution in [0.5, 0.6) is 0 Å². The average molecular weight is 215 g/mol. The second-order valence-corrected chi connectivity index (χ2v) is 8.65. The molecule has 0 aromatic rings. The van der Waals surface area contributed by atoms with Crippen LogP contribution in [-0.2, 0) is 0 Å². The Morgan fingerprint density at radius 1 is 1.33 bits per heavy atom. The largest absolute Gasteiger partial charge is 0.282 e. The average Bonchev–Trinajstić information content (AvgIpc) is 1.35. The van der Waals surface area contributed by atoms with Crippen molar-refractivity contribution in [3.8, 4) is 0 Å². The van der Waals surface area contributed by atoms with Gasteiger partial charge in [0, 0.05) is 22.9 Å². The van der Waals surface area contributed by atoms with E-state index in [-0.39, 0.29) is 0 Å². The molecule has 0 fully saturated rings. The topological polar surface area (TPSA) is 12.0 Å². The van der Waals surface area contributed by atoms with E-state index in [0.29, 0.717) is 0 Å². The molecule has 0 saturated carbocycles. The Balaban J connectivity index is 3.17. The van der Waals surface area contributed by atoms with Gasteiger partial charge in [0.15, 0.2) is 0 Å². The van der Waals surface area contributed by atoms with E-state index >= 15 is 0 Å². The number of hydrogen-bond acceptors (Lipinski definition) is 1. The van der Waals surface area contributed by atoms with Crippen molar-refractivity contribution in [3.63, 3.8) is 0 Å². The lowest BCUT2D eigenvalue weighted by Crippen LogP contribution is -2.33. The van der Waals surface area contributed by atoms with Gasteiger partial charge in [-0.05, 0) is 0 Å². The van der Waals surface area contributed by atoms with Crippen LogP contribution >= 0.6 is 22.9 Å². The molecule has 1 nitrogen and oxygen atoms in total. The maximum atomic E-state index is 3.21. The summed E-state index contributed by atoms with van der Waals surface area (Å²) >= 11 is 2.21. The molecule has 0 bridgehead atoms. The Morgan fingerprint density at radius 2 is 1.50 bits per heavy atom. The molecule has 1 N–H and O–H groups in total. The minimum absolute atomic E-state index is 0.895. The van der Waals surface area contributed by atoms with E-state index in [4.69, 9.17) is 0 Å². The van der Waals surface area contributed by atoms with E-state index in [0.717, 1.165) is 0 Å². The first-order valence-electron chi connectivity index (χ1n) is 1.94. The maximum absolute atomic E-state index is 3.21. The first-order chi connectivity index (χ1) is 2.56. The van der Waals surface area contributed by atoms with Gasteiger partial charge in [0.1, 0.15) is 8.24 Å². The molecule has 0 unspecified atom stereocenters. The van der Waals surface area contributed by atoms with Gasteiger partial charge in [-0.25, -0.2) is 0 Å². The smallest absolute Gasteiger partial charge is 0.127 e. The number of hydrogen-bond donors (Lipinski definition) is 1. The zero-order valence-electron chi connectivity index (χ0n) is 4.38. The molecule has 0 aliphatic heterocycles. The standard InChI is InChI=1S/C3H10INSi/c1-6(2,3)5-4/h5H,1-3H3. The summed E-state index contributed by atoms with van der Waals surface area (Å²) in [6.45, 7) is 6.79. The normalized spacial score (nSPS) is 12.0. The maximum Gasteiger partial charge on any atom is 0.127 e. The van der Waals surface area contributed by atoms with Gasteiger partial charge >= 0.3 is 0 Å². The van der Waals surface area contributed by atoms with Crippen LogP contribution in [0.15, 0.2) is 0 Å². The van der Waals surface area contributed by atoms with Gasteiger partial charge < -0.3 is 0 Å². The van der Waals surface area contributed by atoms with Gasteiger partial charge in [-0.2, -0.15) is 0 Å². The zero-order chi connectivity index (χ0) is 5.21. The van der Waals surface area contributed by atoms with Crippen molar-refractivity contribution in [3.05, 3.63) is 0 Å². The first-order valence-corrected chi connectivity index (χ1v) is 6.52. The van der Waals surface area contributed by atoms with Crippen LogP contribution in [0.2, 0.25) is 19.6 Å². The first kappa shape index (κ1) is 6.91. The molecule has 0 heterocycles. The SMILES string of the molecule is C[Si](C)(C)NI. The number of rotatable bonds is 1.